The largest absolute Gasteiger partial charge is 0.505 e. The van der Waals surface area contributed by atoms with E-state index in [1.54, 1.807) is 32.1 Å². The Hall–Kier alpha value is -4.40. The number of methoxy groups -OCH3 is 2. The zero-order valence-electron chi connectivity index (χ0n) is 27.7. The molecule has 1 aromatic rings. The third kappa shape index (κ3) is 8.50. The number of aliphatic imine (C=N–C) groups is 2. The lowest BCUT2D eigenvalue weighted by atomic mass is 9.88. The Morgan fingerprint density at radius 3 is 2.45 bits per heavy atom. The molecule has 14 heteroatoms. The van der Waals surface area contributed by atoms with Crippen molar-refractivity contribution >= 4 is 29.6 Å². The Morgan fingerprint density at radius 1 is 1.11 bits per heavy atom. The number of nitrogens with two attached hydrogens (primary N) is 2. The van der Waals surface area contributed by atoms with Gasteiger partial charge in [-0.05, 0) is 50.7 Å². The normalized spacial score (nSPS) is 30.4. The molecule has 0 unspecified atom stereocenters. The van der Waals surface area contributed by atoms with Gasteiger partial charge in [0, 0.05) is 44.4 Å². The summed E-state index contributed by atoms with van der Waals surface area (Å²) in [5.74, 6) is -0.895. The average molecular weight is 652 g/mol. The van der Waals surface area contributed by atoms with E-state index in [2.05, 4.69) is 20.0 Å². The molecule has 0 spiro atoms. The van der Waals surface area contributed by atoms with E-state index >= 15 is 0 Å². The van der Waals surface area contributed by atoms with Gasteiger partial charge in [0.2, 0.25) is 0 Å². The van der Waals surface area contributed by atoms with Gasteiger partial charge in [0.05, 0.1) is 23.3 Å². The van der Waals surface area contributed by atoms with Crippen LogP contribution in [0.1, 0.15) is 46.1 Å². The molecule has 0 radical (unpaired) electrons. The maximum Gasteiger partial charge on any atom is 0.405 e. The molecule has 2 bridgehead atoms. The number of aliphatic hydroxyl groups excluding tert-OH is 1. The first-order valence-corrected chi connectivity index (χ1v) is 15.6. The molecule has 47 heavy (non-hydrogen) atoms. The SMILES string of the molecule is CO[C@H]1/C=C\C=C(/C)C(=O)N=c2cc3c(c(c2O)C[C@@H](C)C[C@H](OC)[C@H](O)[C@@H](C)/C=C(\C)[C@@H]1OC(N)=O)=NC(/N=C(\N)N1CCC1)=N3. The van der Waals surface area contributed by atoms with Gasteiger partial charge in [-0.2, -0.15) is 4.99 Å². The number of benzene rings is 1. The first-order chi connectivity index (χ1) is 22.3. The van der Waals surface area contributed by atoms with Crippen LogP contribution in [0.3, 0.4) is 0 Å². The molecule has 14 nitrogen and oxygen atoms in total. The number of aromatic hydroxyl groups is 1. The molecule has 2 amide bonds. The highest BCUT2D eigenvalue weighted by atomic mass is 16.6. The molecule has 6 N–H and O–H groups in total. The number of phenolic OH excluding ortho intramolecular Hbond substituents is 1. The number of phenols is 1. The summed E-state index contributed by atoms with van der Waals surface area (Å²) in [7, 11) is 2.97. The van der Waals surface area contributed by atoms with E-state index in [0.717, 1.165) is 19.5 Å². The number of aliphatic hydroxyl groups is 1. The fourth-order valence-corrected chi connectivity index (χ4v) is 5.75. The smallest absolute Gasteiger partial charge is 0.405 e. The van der Waals surface area contributed by atoms with E-state index in [0.29, 0.717) is 41.0 Å². The Balaban J connectivity index is 1.83. The molecule has 4 rings (SSSR count). The number of primary amides is 1. The second-order valence-corrected chi connectivity index (χ2v) is 12.2. The van der Waals surface area contributed by atoms with Crippen LogP contribution in [0.4, 0.5) is 10.5 Å². The monoisotopic (exact) mass is 651 g/mol. The van der Waals surface area contributed by atoms with Gasteiger partial charge < -0.3 is 40.8 Å². The van der Waals surface area contributed by atoms with Crippen molar-refractivity contribution < 1.29 is 34.0 Å². The van der Waals surface area contributed by atoms with Crippen molar-refractivity contribution in [3.05, 3.63) is 57.8 Å². The summed E-state index contributed by atoms with van der Waals surface area (Å²) < 4.78 is 16.7. The number of rotatable bonds is 3. The summed E-state index contributed by atoms with van der Waals surface area (Å²) in [6.45, 7) is 8.75. The van der Waals surface area contributed by atoms with Gasteiger partial charge in [0.15, 0.2) is 12.1 Å². The predicted molar refractivity (Wildman–Crippen MR) is 176 cm³/mol. The highest BCUT2D eigenvalue weighted by Gasteiger charge is 2.30. The minimum Gasteiger partial charge on any atom is -0.505 e. The molecule has 3 aliphatic heterocycles. The van der Waals surface area contributed by atoms with Gasteiger partial charge >= 0.3 is 6.09 Å². The number of guanidine groups is 2. The zero-order valence-corrected chi connectivity index (χ0v) is 27.7. The lowest BCUT2D eigenvalue weighted by Crippen LogP contribution is -2.46. The van der Waals surface area contributed by atoms with Gasteiger partial charge in [-0.15, -0.1) is 0 Å². The molecular formula is C33H45N7O7. The van der Waals surface area contributed by atoms with Crippen molar-refractivity contribution in [2.75, 3.05) is 27.3 Å². The number of carbonyl (C=O) groups is 2. The maximum atomic E-state index is 13.2. The van der Waals surface area contributed by atoms with E-state index in [-0.39, 0.29) is 28.6 Å². The molecule has 0 aromatic heterocycles. The summed E-state index contributed by atoms with van der Waals surface area (Å²) in [4.78, 5) is 44.7. The summed E-state index contributed by atoms with van der Waals surface area (Å²) in [6.07, 6.45) is 4.08. The Kier molecular flexibility index (Phi) is 11.7. The third-order valence-electron chi connectivity index (χ3n) is 8.56. The highest BCUT2D eigenvalue weighted by molar-refractivity contribution is 5.97. The average Bonchev–Trinajstić information content (AvgIpc) is 3.38. The van der Waals surface area contributed by atoms with Gasteiger partial charge in [0.25, 0.3) is 11.9 Å². The second-order valence-electron chi connectivity index (χ2n) is 12.2. The van der Waals surface area contributed by atoms with Crippen molar-refractivity contribution in [3.8, 4) is 5.75 Å². The van der Waals surface area contributed by atoms with Crippen LogP contribution in [0.2, 0.25) is 0 Å². The summed E-state index contributed by atoms with van der Waals surface area (Å²) in [6, 6.07) is 1.50. The van der Waals surface area contributed by atoms with Crippen molar-refractivity contribution in [2.45, 2.75) is 71.4 Å². The summed E-state index contributed by atoms with van der Waals surface area (Å²) >= 11 is 0. The van der Waals surface area contributed by atoms with Gasteiger partial charge in [-0.1, -0.05) is 38.2 Å². The van der Waals surface area contributed by atoms with E-state index < -0.39 is 42.3 Å². The minimum absolute atomic E-state index is 0.0342. The fraction of sp³-hybridized carbons (Fsp3) is 0.515. The number of ether oxygens (including phenoxy) is 3. The van der Waals surface area contributed by atoms with Crippen LogP contribution in [0, 0.1) is 11.8 Å². The number of likely N-dealkylation sites (tertiary alicyclic amines) is 1. The molecule has 0 saturated carbocycles. The first kappa shape index (κ1) is 35.5. The van der Waals surface area contributed by atoms with Crippen molar-refractivity contribution in [2.24, 2.45) is 43.3 Å². The Morgan fingerprint density at radius 2 is 1.83 bits per heavy atom. The van der Waals surface area contributed by atoms with Crippen LogP contribution in [0.15, 0.2) is 61.5 Å². The molecular weight excluding hydrogens is 606 g/mol. The van der Waals surface area contributed by atoms with Crippen molar-refractivity contribution in [1.29, 1.82) is 0 Å². The molecule has 1 fully saturated rings. The molecule has 3 aliphatic rings. The number of allylic oxidation sites excluding steroid dienone is 2. The van der Waals surface area contributed by atoms with E-state index in [4.69, 9.17) is 25.7 Å². The lowest BCUT2D eigenvalue weighted by molar-refractivity contribution is -0.114. The van der Waals surface area contributed by atoms with Gasteiger partial charge in [-0.25, -0.2) is 19.8 Å². The fourth-order valence-electron chi connectivity index (χ4n) is 5.75. The number of hydrogen-bond donors (Lipinski definition) is 4. The number of carbonyl (C=O) groups excluding carboxylic acids is 2. The highest BCUT2D eigenvalue weighted by Crippen LogP contribution is 2.26. The third-order valence-corrected chi connectivity index (χ3v) is 8.56. The molecule has 254 valence electrons. The number of hydrogen-bond acceptors (Lipinski definition) is 10. The topological polar surface area (TPSA) is 207 Å². The van der Waals surface area contributed by atoms with E-state index in [1.165, 1.54) is 26.4 Å². The van der Waals surface area contributed by atoms with Crippen molar-refractivity contribution in [3.63, 3.8) is 0 Å². The zero-order chi connectivity index (χ0) is 34.4. The van der Waals surface area contributed by atoms with Crippen LogP contribution in [0.25, 0.3) is 0 Å². The predicted octanol–water partition coefficient (Wildman–Crippen LogP) is 1.70. The maximum absolute atomic E-state index is 13.2. The Bertz CT molecular complexity index is 1640. The molecule has 1 aromatic carbocycles. The molecule has 0 aliphatic carbocycles. The van der Waals surface area contributed by atoms with Gasteiger partial charge in [0.1, 0.15) is 17.2 Å². The van der Waals surface area contributed by atoms with Gasteiger partial charge in [-0.3, -0.25) is 4.79 Å². The van der Waals surface area contributed by atoms with Crippen LogP contribution in [-0.4, -0.2) is 90.8 Å². The molecule has 3 heterocycles. The van der Waals surface area contributed by atoms with E-state index in [1.807, 2.05) is 18.7 Å². The van der Waals surface area contributed by atoms with Crippen LogP contribution >= 0.6 is 0 Å². The Labute approximate surface area is 273 Å². The van der Waals surface area contributed by atoms with Crippen LogP contribution < -0.4 is 22.2 Å². The van der Waals surface area contributed by atoms with E-state index in [9.17, 15) is 19.8 Å². The van der Waals surface area contributed by atoms with Crippen molar-refractivity contribution in [1.82, 2.24) is 4.90 Å². The van der Waals surface area contributed by atoms with Crippen LogP contribution in [0.5, 0.6) is 5.75 Å². The minimum atomic E-state index is -0.989. The number of amides is 2. The lowest BCUT2D eigenvalue weighted by Gasteiger charge is -2.31. The van der Waals surface area contributed by atoms with Crippen LogP contribution in [-0.2, 0) is 25.4 Å². The quantitative estimate of drug-likeness (QED) is 0.213. The molecule has 1 saturated heterocycles. The number of nitrogens with zero attached hydrogens (tertiary/aromatic N) is 5. The summed E-state index contributed by atoms with van der Waals surface area (Å²) in [5.41, 5.74) is 13.2. The first-order valence-electron chi connectivity index (χ1n) is 15.6. The number of fused-ring (bicyclic) bond motifs is 4. The molecule has 6 atom stereocenters. The summed E-state index contributed by atoms with van der Waals surface area (Å²) in [5, 5.41) is 23.3. The second kappa shape index (κ2) is 15.5. The standard InChI is InChI=1S/C33H45N7O7/c1-17-13-21-26-22(37-33(38-26)39-31(34)40-11-8-12-40)16-23(28(21)42)36-30(43)18(2)9-7-10-24(45-5)29(47-32(35)44)20(4)15-19(3)27(41)25(14-17)46-6/h7,9-10,15-17,19,24-25,27,29,41-42H,8,11-14H2,1-6H3,(H2,35,44)(H2,34,37,39)/b10-7-,18-9+,20-15+,36-23?/t17-,19+,24+,25+,27-,29+/m1/s1.